The number of aryl methyl sites for hydroxylation is 1. The van der Waals surface area contributed by atoms with Gasteiger partial charge in [-0.2, -0.15) is 0 Å². The molecule has 1 atom stereocenters. The number of carbonyl (C=O) groups is 1. The van der Waals surface area contributed by atoms with Gasteiger partial charge in [-0.1, -0.05) is 30.7 Å². The SMILES string of the molecule is CCCN1C(=O)c2oc3ccc(C)cc3c(=O)c2C1c1ccc(OCC)cc1. The van der Waals surface area contributed by atoms with Gasteiger partial charge in [0.15, 0.2) is 5.43 Å². The van der Waals surface area contributed by atoms with Crippen molar-refractivity contribution in [2.45, 2.75) is 33.2 Å². The van der Waals surface area contributed by atoms with Crippen LogP contribution in [0.2, 0.25) is 0 Å². The van der Waals surface area contributed by atoms with E-state index in [0.29, 0.717) is 29.7 Å². The molecule has 1 unspecified atom stereocenters. The van der Waals surface area contributed by atoms with Crippen LogP contribution in [-0.4, -0.2) is 24.0 Å². The van der Waals surface area contributed by atoms with Crippen LogP contribution in [0.4, 0.5) is 0 Å². The molecular formula is C23H23NO4. The van der Waals surface area contributed by atoms with Crippen molar-refractivity contribution in [3.8, 4) is 5.75 Å². The van der Waals surface area contributed by atoms with E-state index >= 15 is 0 Å². The molecule has 5 heteroatoms. The monoisotopic (exact) mass is 377 g/mol. The van der Waals surface area contributed by atoms with Crippen LogP contribution in [0.5, 0.6) is 5.75 Å². The maximum Gasteiger partial charge on any atom is 0.290 e. The first-order valence-corrected chi connectivity index (χ1v) is 9.66. The Kier molecular flexibility index (Phi) is 4.67. The molecule has 0 aliphatic carbocycles. The number of carbonyl (C=O) groups excluding carboxylic acids is 1. The summed E-state index contributed by atoms with van der Waals surface area (Å²) >= 11 is 0. The zero-order chi connectivity index (χ0) is 19.8. The number of hydrogen-bond acceptors (Lipinski definition) is 4. The molecule has 28 heavy (non-hydrogen) atoms. The Balaban J connectivity index is 1.92. The average Bonchev–Trinajstić information content (AvgIpc) is 2.96. The summed E-state index contributed by atoms with van der Waals surface area (Å²) in [5, 5.41) is 0.515. The van der Waals surface area contributed by atoms with Crippen LogP contribution >= 0.6 is 0 Å². The number of benzene rings is 2. The number of ether oxygens (including phenoxy) is 1. The summed E-state index contributed by atoms with van der Waals surface area (Å²) in [6.45, 7) is 7.02. The minimum Gasteiger partial charge on any atom is -0.494 e. The van der Waals surface area contributed by atoms with Crippen LogP contribution in [0.15, 0.2) is 51.7 Å². The third kappa shape index (κ3) is 2.87. The van der Waals surface area contributed by atoms with E-state index in [1.54, 1.807) is 11.0 Å². The third-order valence-electron chi connectivity index (χ3n) is 5.09. The van der Waals surface area contributed by atoms with E-state index in [1.165, 1.54) is 0 Å². The van der Waals surface area contributed by atoms with Gasteiger partial charge in [0, 0.05) is 6.54 Å². The van der Waals surface area contributed by atoms with Gasteiger partial charge in [0.2, 0.25) is 5.76 Å². The van der Waals surface area contributed by atoms with Crippen LogP contribution in [0.1, 0.15) is 53.6 Å². The summed E-state index contributed by atoms with van der Waals surface area (Å²) in [5.41, 5.74) is 2.61. The third-order valence-corrected chi connectivity index (χ3v) is 5.09. The van der Waals surface area contributed by atoms with Crippen LogP contribution in [0.25, 0.3) is 11.0 Å². The van der Waals surface area contributed by atoms with Gasteiger partial charge in [-0.15, -0.1) is 0 Å². The van der Waals surface area contributed by atoms with Crippen molar-refractivity contribution < 1.29 is 13.9 Å². The van der Waals surface area contributed by atoms with E-state index in [0.717, 1.165) is 23.3 Å². The maximum absolute atomic E-state index is 13.4. The largest absolute Gasteiger partial charge is 0.494 e. The van der Waals surface area contributed by atoms with E-state index in [-0.39, 0.29) is 17.1 Å². The maximum atomic E-state index is 13.4. The molecular weight excluding hydrogens is 354 g/mol. The zero-order valence-corrected chi connectivity index (χ0v) is 16.3. The molecule has 0 fully saturated rings. The lowest BCUT2D eigenvalue weighted by molar-refractivity contribution is 0.0728. The molecule has 1 aliphatic rings. The summed E-state index contributed by atoms with van der Waals surface area (Å²) in [7, 11) is 0. The van der Waals surface area contributed by atoms with E-state index in [1.807, 2.05) is 57.2 Å². The van der Waals surface area contributed by atoms with Crippen molar-refractivity contribution in [2.75, 3.05) is 13.2 Å². The lowest BCUT2D eigenvalue weighted by atomic mass is 9.98. The summed E-state index contributed by atoms with van der Waals surface area (Å²) < 4.78 is 11.4. The Morgan fingerprint density at radius 3 is 2.50 bits per heavy atom. The van der Waals surface area contributed by atoms with Gasteiger partial charge in [-0.05, 0) is 50.1 Å². The molecule has 1 amide bonds. The Morgan fingerprint density at radius 2 is 1.82 bits per heavy atom. The minimum absolute atomic E-state index is 0.134. The fourth-order valence-electron chi connectivity index (χ4n) is 3.87. The highest BCUT2D eigenvalue weighted by atomic mass is 16.5. The molecule has 2 aromatic carbocycles. The van der Waals surface area contributed by atoms with E-state index in [4.69, 9.17) is 9.15 Å². The second kappa shape index (κ2) is 7.15. The Morgan fingerprint density at radius 1 is 1.07 bits per heavy atom. The molecule has 5 nitrogen and oxygen atoms in total. The Hall–Kier alpha value is -3.08. The number of amides is 1. The first-order chi connectivity index (χ1) is 13.5. The van der Waals surface area contributed by atoms with Crippen molar-refractivity contribution >= 4 is 16.9 Å². The highest BCUT2D eigenvalue weighted by Gasteiger charge is 2.42. The quantitative estimate of drug-likeness (QED) is 0.659. The lowest BCUT2D eigenvalue weighted by Crippen LogP contribution is -2.30. The zero-order valence-electron chi connectivity index (χ0n) is 16.3. The fourth-order valence-corrected chi connectivity index (χ4v) is 3.87. The molecule has 1 aliphatic heterocycles. The molecule has 0 radical (unpaired) electrons. The van der Waals surface area contributed by atoms with Gasteiger partial charge in [0.25, 0.3) is 5.91 Å². The topological polar surface area (TPSA) is 59.8 Å². The highest BCUT2D eigenvalue weighted by molar-refractivity contribution is 5.99. The fraction of sp³-hybridized carbons (Fsp3) is 0.304. The van der Waals surface area contributed by atoms with Crippen molar-refractivity contribution in [1.29, 1.82) is 0 Å². The van der Waals surface area contributed by atoms with E-state index in [2.05, 4.69) is 0 Å². The molecule has 1 aromatic heterocycles. The molecule has 4 rings (SSSR count). The summed E-state index contributed by atoms with van der Waals surface area (Å²) in [6, 6.07) is 12.6. The van der Waals surface area contributed by atoms with Crippen molar-refractivity contribution in [1.82, 2.24) is 4.90 Å². The van der Waals surface area contributed by atoms with Gasteiger partial charge in [-0.3, -0.25) is 9.59 Å². The molecule has 0 saturated heterocycles. The Bertz CT molecular complexity index is 1100. The van der Waals surface area contributed by atoms with Gasteiger partial charge >= 0.3 is 0 Å². The molecule has 0 spiro atoms. The minimum atomic E-state index is -0.445. The standard InChI is InChI=1S/C23H23NO4/c1-4-12-24-20(15-7-9-16(10-8-15)27-5-2)19-21(25)17-13-14(3)6-11-18(17)28-22(19)23(24)26/h6-11,13,20H,4-5,12H2,1-3H3. The molecule has 0 bridgehead atoms. The van der Waals surface area contributed by atoms with Crippen LogP contribution in [0.3, 0.4) is 0 Å². The molecule has 144 valence electrons. The molecule has 0 N–H and O–H groups in total. The van der Waals surface area contributed by atoms with Crippen molar-refractivity contribution in [3.05, 3.63) is 75.1 Å². The number of rotatable bonds is 5. The van der Waals surface area contributed by atoms with Crippen molar-refractivity contribution in [3.63, 3.8) is 0 Å². The van der Waals surface area contributed by atoms with Gasteiger partial charge in [-0.25, -0.2) is 0 Å². The van der Waals surface area contributed by atoms with Gasteiger partial charge in [0.1, 0.15) is 11.3 Å². The first-order valence-electron chi connectivity index (χ1n) is 9.66. The highest BCUT2D eigenvalue weighted by Crippen LogP contribution is 2.38. The first kappa shape index (κ1) is 18.3. The van der Waals surface area contributed by atoms with Crippen molar-refractivity contribution in [2.24, 2.45) is 0 Å². The van der Waals surface area contributed by atoms with Crippen LogP contribution in [-0.2, 0) is 0 Å². The van der Waals surface area contributed by atoms with Crippen LogP contribution in [0, 0.1) is 6.92 Å². The second-order valence-corrected chi connectivity index (χ2v) is 7.08. The summed E-state index contributed by atoms with van der Waals surface area (Å²) in [5.74, 6) is 0.697. The molecule has 0 saturated carbocycles. The normalized spacial score (nSPS) is 15.9. The van der Waals surface area contributed by atoms with Crippen LogP contribution < -0.4 is 10.2 Å². The predicted molar refractivity (Wildman–Crippen MR) is 108 cm³/mol. The Labute approximate surface area is 163 Å². The second-order valence-electron chi connectivity index (χ2n) is 7.08. The van der Waals surface area contributed by atoms with Gasteiger partial charge in [0.05, 0.1) is 23.6 Å². The summed E-state index contributed by atoms with van der Waals surface area (Å²) in [6.07, 6.45) is 0.792. The van der Waals surface area contributed by atoms with Gasteiger partial charge < -0.3 is 14.1 Å². The number of fused-ring (bicyclic) bond motifs is 2. The smallest absolute Gasteiger partial charge is 0.290 e. The number of nitrogens with zero attached hydrogens (tertiary/aromatic N) is 1. The molecule has 2 heterocycles. The summed E-state index contributed by atoms with van der Waals surface area (Å²) in [4.78, 5) is 28.2. The average molecular weight is 377 g/mol. The van der Waals surface area contributed by atoms with E-state index < -0.39 is 6.04 Å². The van der Waals surface area contributed by atoms with E-state index in [9.17, 15) is 9.59 Å². The predicted octanol–water partition coefficient (Wildman–Crippen LogP) is 4.46. The molecule has 3 aromatic rings. The number of hydrogen-bond donors (Lipinski definition) is 0. The lowest BCUT2D eigenvalue weighted by Gasteiger charge is -2.24.